The van der Waals surface area contributed by atoms with Crippen LogP contribution in [0.2, 0.25) is 0 Å². The number of alkyl halides is 3. The van der Waals surface area contributed by atoms with Gasteiger partial charge in [-0.1, -0.05) is 12.6 Å². The number of amides is 2. The Balaban J connectivity index is 1.49. The monoisotopic (exact) mass is 612 g/mol. The summed E-state index contributed by atoms with van der Waals surface area (Å²) >= 11 is 0. The zero-order chi connectivity index (χ0) is 31.6. The van der Waals surface area contributed by atoms with Crippen molar-refractivity contribution >= 4 is 46.5 Å². The molecule has 2 N–H and O–H groups in total. The second-order valence-electron chi connectivity index (χ2n) is 10.7. The molecule has 0 saturated carbocycles. The maximum Gasteiger partial charge on any atom is 0.422 e. The molecule has 0 unspecified atom stereocenters. The lowest BCUT2D eigenvalue weighted by atomic mass is 10.0. The summed E-state index contributed by atoms with van der Waals surface area (Å²) in [6, 6.07) is 9.77. The van der Waals surface area contributed by atoms with Gasteiger partial charge in [-0.25, -0.2) is 4.98 Å². The maximum atomic E-state index is 13.6. The highest BCUT2D eigenvalue weighted by atomic mass is 19.4. The molecule has 0 bridgehead atoms. The number of anilines is 6. The lowest BCUT2D eigenvalue weighted by Crippen LogP contribution is -2.51. The minimum absolute atomic E-state index is 0.0491. The van der Waals surface area contributed by atoms with Gasteiger partial charge in [0.2, 0.25) is 17.7 Å². The number of halogens is 3. The van der Waals surface area contributed by atoms with E-state index >= 15 is 0 Å². The molecule has 2 aliphatic heterocycles. The van der Waals surface area contributed by atoms with Crippen LogP contribution in [0.4, 0.5) is 47.8 Å². The fourth-order valence-electron chi connectivity index (χ4n) is 4.61. The van der Waals surface area contributed by atoms with Gasteiger partial charge in [-0.2, -0.15) is 23.1 Å². The number of aromatic nitrogens is 3. The highest BCUT2D eigenvalue weighted by Gasteiger charge is 2.43. The van der Waals surface area contributed by atoms with Crippen LogP contribution in [0.5, 0.6) is 11.6 Å². The Morgan fingerprint density at radius 3 is 2.61 bits per heavy atom. The van der Waals surface area contributed by atoms with E-state index in [9.17, 15) is 22.8 Å². The molecular formula is C29H31F3N8O4. The van der Waals surface area contributed by atoms with Gasteiger partial charge in [0, 0.05) is 31.9 Å². The lowest BCUT2D eigenvalue weighted by molar-refractivity contribution is -0.154. The third-order valence-corrected chi connectivity index (χ3v) is 6.88. The van der Waals surface area contributed by atoms with E-state index in [1.807, 2.05) is 11.9 Å². The largest absolute Gasteiger partial charge is 0.472 e. The Morgan fingerprint density at radius 2 is 1.91 bits per heavy atom. The number of likely N-dealkylation sites (N-methyl/N-ethyl adjacent to an activating group) is 1. The summed E-state index contributed by atoms with van der Waals surface area (Å²) in [6.45, 7) is 7.96. The molecule has 0 atom stereocenters. The van der Waals surface area contributed by atoms with Crippen LogP contribution in [-0.2, 0) is 9.59 Å². The SMILES string of the molecule is C=CC(=O)Nc1cccc(N2C(=O)C(C)(C)Oc3cnc(Nc4ccc(N5CCN(C)CC5)nc4OCC(F)(F)F)nc32)c1. The third-order valence-electron chi connectivity index (χ3n) is 6.88. The zero-order valence-electron chi connectivity index (χ0n) is 24.3. The first-order chi connectivity index (χ1) is 20.8. The normalized spacial score (nSPS) is 16.5. The van der Waals surface area contributed by atoms with Gasteiger partial charge in [0.25, 0.3) is 5.91 Å². The van der Waals surface area contributed by atoms with Crippen LogP contribution in [-0.4, -0.2) is 83.3 Å². The average Bonchev–Trinajstić information content (AvgIpc) is 2.97. The van der Waals surface area contributed by atoms with Gasteiger partial charge in [0.15, 0.2) is 23.8 Å². The number of piperazine rings is 1. The van der Waals surface area contributed by atoms with Crippen molar-refractivity contribution in [2.45, 2.75) is 25.6 Å². The number of pyridine rings is 1. The summed E-state index contributed by atoms with van der Waals surface area (Å²) in [5, 5.41) is 5.54. The van der Waals surface area contributed by atoms with E-state index in [0.29, 0.717) is 30.3 Å². The number of carbonyl (C=O) groups excluding carboxylic acids is 2. The molecule has 44 heavy (non-hydrogen) atoms. The first-order valence-corrected chi connectivity index (χ1v) is 13.7. The summed E-state index contributed by atoms with van der Waals surface area (Å²) in [4.78, 5) is 44.0. The minimum atomic E-state index is -4.59. The smallest absolute Gasteiger partial charge is 0.422 e. The Bertz CT molecular complexity index is 1570. The van der Waals surface area contributed by atoms with Crippen LogP contribution >= 0.6 is 0 Å². The van der Waals surface area contributed by atoms with Gasteiger partial charge < -0.3 is 29.9 Å². The Labute approximate surface area is 251 Å². The van der Waals surface area contributed by atoms with E-state index in [1.54, 1.807) is 50.2 Å². The van der Waals surface area contributed by atoms with E-state index in [-0.39, 0.29) is 29.1 Å². The number of nitrogens with one attached hydrogen (secondary N) is 2. The Hall–Kier alpha value is -4.92. The molecule has 2 aliphatic rings. The van der Waals surface area contributed by atoms with E-state index in [1.165, 1.54) is 11.1 Å². The van der Waals surface area contributed by atoms with Crippen LogP contribution in [0.3, 0.4) is 0 Å². The second kappa shape index (κ2) is 12.0. The van der Waals surface area contributed by atoms with Crippen LogP contribution in [0.15, 0.2) is 55.3 Å². The van der Waals surface area contributed by atoms with Crippen LogP contribution in [0.1, 0.15) is 13.8 Å². The maximum absolute atomic E-state index is 13.6. The fourth-order valence-corrected chi connectivity index (χ4v) is 4.61. The molecule has 2 amide bonds. The number of fused-ring (bicyclic) bond motifs is 1. The molecular weight excluding hydrogens is 581 g/mol. The molecule has 0 spiro atoms. The van der Waals surface area contributed by atoms with Gasteiger partial charge in [-0.3, -0.25) is 14.5 Å². The summed E-state index contributed by atoms with van der Waals surface area (Å²) in [5.74, 6) is -0.461. The average molecular weight is 613 g/mol. The van der Waals surface area contributed by atoms with Crippen molar-refractivity contribution in [3.05, 3.63) is 55.3 Å². The van der Waals surface area contributed by atoms with Gasteiger partial charge in [-0.05, 0) is 57.3 Å². The van der Waals surface area contributed by atoms with Crippen molar-refractivity contribution < 1.29 is 32.2 Å². The predicted octanol–water partition coefficient (Wildman–Crippen LogP) is 4.27. The highest BCUT2D eigenvalue weighted by Crippen LogP contribution is 2.42. The van der Waals surface area contributed by atoms with Crippen molar-refractivity contribution in [1.82, 2.24) is 19.9 Å². The molecule has 2 aromatic heterocycles. The predicted molar refractivity (Wildman–Crippen MR) is 158 cm³/mol. The Kier molecular flexibility index (Phi) is 8.32. The number of rotatable bonds is 8. The highest BCUT2D eigenvalue weighted by molar-refractivity contribution is 6.08. The standard InChI is InChI=1S/C29H31F3N8O4/c1-5-23(41)34-18-7-6-8-19(15-18)40-24-21(44-28(2,3)26(40)42)16-33-27(37-24)35-20-9-10-22(39-13-11-38(4)12-14-39)36-25(20)43-17-29(30,31)32/h5-10,15-16H,1,11-14,17H2,2-4H3,(H,34,41)(H,33,35,37). The first-order valence-electron chi connectivity index (χ1n) is 13.7. The number of benzene rings is 1. The van der Waals surface area contributed by atoms with Crippen LogP contribution < -0.4 is 29.9 Å². The fraction of sp³-hybridized carbons (Fsp3) is 0.345. The zero-order valence-corrected chi connectivity index (χ0v) is 24.3. The van der Waals surface area contributed by atoms with Crippen molar-refractivity contribution in [2.24, 2.45) is 0 Å². The van der Waals surface area contributed by atoms with Crippen molar-refractivity contribution in [3.63, 3.8) is 0 Å². The third kappa shape index (κ3) is 6.83. The molecule has 1 saturated heterocycles. The summed E-state index contributed by atoms with van der Waals surface area (Å²) in [5.41, 5.74) is -0.396. The van der Waals surface area contributed by atoms with Gasteiger partial charge in [0.05, 0.1) is 11.9 Å². The molecule has 0 aliphatic carbocycles. The minimum Gasteiger partial charge on any atom is -0.472 e. The number of hydrogen-bond donors (Lipinski definition) is 2. The van der Waals surface area contributed by atoms with Crippen LogP contribution in [0, 0.1) is 0 Å². The quantitative estimate of drug-likeness (QED) is 0.357. The molecule has 4 heterocycles. The van der Waals surface area contributed by atoms with Crippen molar-refractivity contribution in [2.75, 3.05) is 60.3 Å². The molecule has 12 nitrogen and oxygen atoms in total. The molecule has 5 rings (SSSR count). The van der Waals surface area contributed by atoms with Crippen molar-refractivity contribution in [1.29, 1.82) is 0 Å². The molecule has 0 radical (unpaired) electrons. The van der Waals surface area contributed by atoms with Crippen LogP contribution in [0.25, 0.3) is 0 Å². The number of hydrogen-bond acceptors (Lipinski definition) is 10. The van der Waals surface area contributed by atoms with E-state index in [4.69, 9.17) is 9.47 Å². The lowest BCUT2D eigenvalue weighted by Gasteiger charge is -2.37. The number of ether oxygens (including phenoxy) is 2. The molecule has 1 aromatic carbocycles. The van der Waals surface area contributed by atoms with Gasteiger partial charge in [0.1, 0.15) is 11.5 Å². The van der Waals surface area contributed by atoms with Crippen molar-refractivity contribution in [3.8, 4) is 11.6 Å². The summed E-state index contributed by atoms with van der Waals surface area (Å²) < 4.78 is 50.3. The van der Waals surface area contributed by atoms with Gasteiger partial charge >= 0.3 is 6.18 Å². The summed E-state index contributed by atoms with van der Waals surface area (Å²) in [6.07, 6.45) is -2.11. The van der Waals surface area contributed by atoms with Gasteiger partial charge in [-0.15, -0.1) is 0 Å². The van der Waals surface area contributed by atoms with E-state index in [0.717, 1.165) is 19.2 Å². The molecule has 3 aromatic rings. The summed E-state index contributed by atoms with van der Waals surface area (Å²) in [7, 11) is 1.99. The van der Waals surface area contributed by atoms with E-state index in [2.05, 4.69) is 37.1 Å². The first kappa shape index (κ1) is 30.5. The molecule has 232 valence electrons. The van der Waals surface area contributed by atoms with E-state index < -0.39 is 30.2 Å². The number of nitrogens with zero attached hydrogens (tertiary/aromatic N) is 6. The topological polar surface area (TPSA) is 125 Å². The molecule has 15 heteroatoms. The number of carbonyl (C=O) groups is 2. The Morgan fingerprint density at radius 1 is 1.16 bits per heavy atom. The molecule has 1 fully saturated rings. The second-order valence-corrected chi connectivity index (χ2v) is 10.7.